The quantitative estimate of drug-likeness (QED) is 0.572. The molecule has 2 saturated heterocycles. The summed E-state index contributed by atoms with van der Waals surface area (Å²) < 4.78 is 1.35. The molecular weight excluding hydrogens is 391 g/mol. The fourth-order valence-electron chi connectivity index (χ4n) is 4.35. The third kappa shape index (κ3) is 2.21. The van der Waals surface area contributed by atoms with Crippen molar-refractivity contribution < 1.29 is 9.59 Å². The van der Waals surface area contributed by atoms with E-state index in [4.69, 9.17) is 0 Å². The summed E-state index contributed by atoms with van der Waals surface area (Å²) in [5, 5.41) is 2.50. The number of nitrogens with zero attached hydrogens (tertiary/aromatic N) is 1. The number of carbonyl (C=O) groups excluding carboxylic acids is 2. The van der Waals surface area contributed by atoms with E-state index in [9.17, 15) is 9.59 Å². The summed E-state index contributed by atoms with van der Waals surface area (Å²) in [6, 6.07) is 6.96. The van der Waals surface area contributed by atoms with Gasteiger partial charge in [-0.1, -0.05) is 12.1 Å². The summed E-state index contributed by atoms with van der Waals surface area (Å²) in [6.45, 7) is 1.64. The summed E-state index contributed by atoms with van der Waals surface area (Å²) in [6.07, 6.45) is 4.68. The minimum atomic E-state index is -0.462. The first-order valence-corrected chi connectivity index (χ1v) is 9.03. The smallest absolute Gasteiger partial charge is 0.234 e. The molecule has 2 aliphatic heterocycles. The van der Waals surface area contributed by atoms with Crippen molar-refractivity contribution in [2.45, 2.75) is 38.1 Å². The number of carbonyl (C=O) groups is 2. The third-order valence-corrected chi connectivity index (χ3v) is 6.49. The second-order valence-electron chi connectivity index (χ2n) is 6.77. The van der Waals surface area contributed by atoms with Crippen LogP contribution in [0.1, 0.15) is 42.9 Å². The van der Waals surface area contributed by atoms with Crippen LogP contribution in [0.25, 0.3) is 0 Å². The number of rotatable bonds is 1. The van der Waals surface area contributed by atoms with Crippen molar-refractivity contribution in [3.05, 3.63) is 32.9 Å². The molecule has 0 radical (unpaired) electrons. The zero-order valence-electron chi connectivity index (χ0n) is 12.4. The number of hydrogen-bond donors (Lipinski definition) is 1. The fourth-order valence-corrected chi connectivity index (χ4v) is 5.14. The normalized spacial score (nSPS) is 31.6. The molecule has 116 valence electrons. The van der Waals surface area contributed by atoms with Crippen LogP contribution in [-0.4, -0.2) is 29.8 Å². The molecule has 3 aliphatic rings. The molecule has 22 heavy (non-hydrogen) atoms. The highest BCUT2D eigenvalue weighted by Gasteiger charge is 2.52. The maximum atomic E-state index is 12.2. The molecule has 0 saturated carbocycles. The van der Waals surface area contributed by atoms with E-state index in [0.29, 0.717) is 12.5 Å². The van der Waals surface area contributed by atoms with Crippen molar-refractivity contribution in [3.63, 3.8) is 0 Å². The van der Waals surface area contributed by atoms with Gasteiger partial charge in [0.2, 0.25) is 11.8 Å². The van der Waals surface area contributed by atoms with Crippen LogP contribution in [0.15, 0.2) is 18.2 Å². The zero-order chi connectivity index (χ0) is 15.3. The average molecular weight is 410 g/mol. The highest BCUT2D eigenvalue weighted by atomic mass is 127. The summed E-state index contributed by atoms with van der Waals surface area (Å²) in [5.41, 5.74) is 2.45. The molecule has 1 aromatic carbocycles. The van der Waals surface area contributed by atoms with E-state index in [-0.39, 0.29) is 11.8 Å². The van der Waals surface area contributed by atoms with Gasteiger partial charge in [-0.05, 0) is 72.0 Å². The van der Waals surface area contributed by atoms with Crippen molar-refractivity contribution in [1.82, 2.24) is 10.2 Å². The Labute approximate surface area is 143 Å². The number of nitrogens with one attached hydrogen (secondary N) is 1. The van der Waals surface area contributed by atoms with E-state index in [1.54, 1.807) is 0 Å². The van der Waals surface area contributed by atoms with Gasteiger partial charge >= 0.3 is 0 Å². The first-order valence-electron chi connectivity index (χ1n) is 7.95. The van der Waals surface area contributed by atoms with E-state index in [1.165, 1.54) is 21.1 Å². The summed E-state index contributed by atoms with van der Waals surface area (Å²) in [7, 11) is 0. The first kappa shape index (κ1) is 14.6. The van der Waals surface area contributed by atoms with Crippen LogP contribution in [0.5, 0.6) is 0 Å². The Bertz CT molecular complexity index is 660. The molecule has 0 bridgehead atoms. The van der Waals surface area contributed by atoms with Crippen molar-refractivity contribution >= 4 is 34.4 Å². The van der Waals surface area contributed by atoms with Crippen molar-refractivity contribution in [2.75, 3.05) is 13.1 Å². The topological polar surface area (TPSA) is 49.4 Å². The van der Waals surface area contributed by atoms with Crippen LogP contribution in [0.3, 0.4) is 0 Å². The minimum Gasteiger partial charge on any atom is -0.296 e. The standard InChI is InChI=1S/C17H19IN2O2/c18-13-5-1-4-12-11(13)3-2-6-14(12)20-8-7-17(10-20)9-15(21)19-16(17)22/h1,4-5,14H,2-3,6-10H2,(H,19,21,22). The Morgan fingerprint density at radius 2 is 2.18 bits per heavy atom. The molecule has 2 heterocycles. The van der Waals surface area contributed by atoms with Crippen molar-refractivity contribution in [1.29, 1.82) is 0 Å². The molecule has 0 aromatic heterocycles. The Balaban J connectivity index is 1.62. The van der Waals surface area contributed by atoms with Gasteiger partial charge in [0.15, 0.2) is 0 Å². The molecule has 1 spiro atoms. The van der Waals surface area contributed by atoms with E-state index in [2.05, 4.69) is 51.0 Å². The summed E-state index contributed by atoms with van der Waals surface area (Å²) in [5.74, 6) is -0.163. The van der Waals surface area contributed by atoms with Gasteiger partial charge in [0.05, 0.1) is 5.41 Å². The lowest BCUT2D eigenvalue weighted by atomic mass is 9.84. The predicted molar refractivity (Wildman–Crippen MR) is 91.2 cm³/mol. The van der Waals surface area contributed by atoms with Gasteiger partial charge in [-0.2, -0.15) is 0 Å². The van der Waals surface area contributed by atoms with Gasteiger partial charge in [0, 0.05) is 22.6 Å². The van der Waals surface area contributed by atoms with Crippen LogP contribution in [0.4, 0.5) is 0 Å². The molecule has 4 nitrogen and oxygen atoms in total. The Hall–Kier alpha value is -0.950. The number of likely N-dealkylation sites (tertiary alicyclic amines) is 1. The molecule has 2 amide bonds. The monoisotopic (exact) mass is 410 g/mol. The average Bonchev–Trinajstić information content (AvgIpc) is 3.03. The number of hydrogen-bond acceptors (Lipinski definition) is 3. The number of fused-ring (bicyclic) bond motifs is 1. The maximum Gasteiger partial charge on any atom is 0.234 e. The summed E-state index contributed by atoms with van der Waals surface area (Å²) >= 11 is 2.43. The number of benzene rings is 1. The van der Waals surface area contributed by atoms with E-state index >= 15 is 0 Å². The van der Waals surface area contributed by atoms with E-state index in [0.717, 1.165) is 32.4 Å². The minimum absolute atomic E-state index is 0.0568. The lowest BCUT2D eigenvalue weighted by molar-refractivity contribution is -0.128. The Kier molecular flexibility index (Phi) is 3.52. The number of imide groups is 1. The first-order chi connectivity index (χ1) is 10.6. The zero-order valence-corrected chi connectivity index (χ0v) is 14.6. The second kappa shape index (κ2) is 5.30. The van der Waals surface area contributed by atoms with Crippen LogP contribution < -0.4 is 5.32 Å². The molecular formula is C17H19IN2O2. The van der Waals surface area contributed by atoms with E-state index < -0.39 is 5.41 Å². The van der Waals surface area contributed by atoms with Gasteiger partial charge in [0.1, 0.15) is 0 Å². The van der Waals surface area contributed by atoms with Crippen LogP contribution in [-0.2, 0) is 16.0 Å². The van der Waals surface area contributed by atoms with Gasteiger partial charge in [-0.15, -0.1) is 0 Å². The lowest BCUT2D eigenvalue weighted by Crippen LogP contribution is -2.36. The second-order valence-corrected chi connectivity index (χ2v) is 7.93. The largest absolute Gasteiger partial charge is 0.296 e. The van der Waals surface area contributed by atoms with Gasteiger partial charge in [0.25, 0.3) is 0 Å². The Morgan fingerprint density at radius 3 is 2.95 bits per heavy atom. The van der Waals surface area contributed by atoms with Gasteiger partial charge < -0.3 is 0 Å². The van der Waals surface area contributed by atoms with Crippen LogP contribution >= 0.6 is 22.6 Å². The highest BCUT2D eigenvalue weighted by Crippen LogP contribution is 2.44. The molecule has 1 N–H and O–H groups in total. The fraction of sp³-hybridized carbons (Fsp3) is 0.529. The van der Waals surface area contributed by atoms with E-state index in [1.807, 2.05) is 0 Å². The molecule has 2 fully saturated rings. The van der Waals surface area contributed by atoms with Gasteiger partial charge in [-0.25, -0.2) is 0 Å². The number of amides is 2. The van der Waals surface area contributed by atoms with Crippen molar-refractivity contribution in [3.8, 4) is 0 Å². The summed E-state index contributed by atoms with van der Waals surface area (Å²) in [4.78, 5) is 26.2. The SMILES string of the molecule is O=C1CC2(CCN(C3CCCc4c(I)cccc43)C2)C(=O)N1. The van der Waals surface area contributed by atoms with Crippen LogP contribution in [0.2, 0.25) is 0 Å². The third-order valence-electron chi connectivity index (χ3n) is 5.48. The van der Waals surface area contributed by atoms with Crippen molar-refractivity contribution in [2.24, 2.45) is 5.41 Å². The lowest BCUT2D eigenvalue weighted by Gasteiger charge is -2.34. The molecule has 2 unspecified atom stereocenters. The number of halogens is 1. The molecule has 1 aliphatic carbocycles. The Morgan fingerprint density at radius 1 is 1.32 bits per heavy atom. The molecule has 5 heteroatoms. The molecule has 2 atom stereocenters. The van der Waals surface area contributed by atoms with Gasteiger partial charge in [-0.3, -0.25) is 19.8 Å². The predicted octanol–water partition coefficient (Wildman–Crippen LogP) is 2.41. The molecule has 4 rings (SSSR count). The van der Waals surface area contributed by atoms with Crippen LogP contribution in [0, 0.1) is 8.99 Å². The maximum absolute atomic E-state index is 12.2. The highest BCUT2D eigenvalue weighted by molar-refractivity contribution is 14.1. The molecule has 1 aromatic rings.